The van der Waals surface area contributed by atoms with Gasteiger partial charge in [-0.2, -0.15) is 0 Å². The second-order valence-corrected chi connectivity index (χ2v) is 7.56. The summed E-state index contributed by atoms with van der Waals surface area (Å²) in [7, 11) is -3.41. The van der Waals surface area contributed by atoms with Crippen LogP contribution in [-0.4, -0.2) is 27.4 Å². The first-order valence-electron chi connectivity index (χ1n) is 7.26. The number of carbonyl (C=O) groups excluding carboxylic acids is 1. The van der Waals surface area contributed by atoms with Crippen molar-refractivity contribution in [3.8, 4) is 11.5 Å². The van der Waals surface area contributed by atoms with Crippen LogP contribution >= 0.6 is 11.6 Å². The maximum Gasteiger partial charge on any atom is 0.251 e. The predicted molar refractivity (Wildman–Crippen MR) is 93.7 cm³/mol. The van der Waals surface area contributed by atoms with Crippen LogP contribution in [0.5, 0.6) is 11.5 Å². The van der Waals surface area contributed by atoms with Gasteiger partial charge in [-0.05, 0) is 23.8 Å². The lowest BCUT2D eigenvalue weighted by Gasteiger charge is -2.12. The lowest BCUT2D eigenvalue weighted by Crippen LogP contribution is -2.23. The molecule has 0 radical (unpaired) electrons. The molecule has 2 aromatic carbocycles. The van der Waals surface area contributed by atoms with Crippen LogP contribution in [0.3, 0.4) is 0 Å². The Labute approximate surface area is 149 Å². The largest absolute Gasteiger partial charge is 0.454 e. The van der Waals surface area contributed by atoms with Crippen LogP contribution in [0.4, 0.5) is 5.69 Å². The average Bonchev–Trinajstić information content (AvgIpc) is 3.01. The molecule has 0 fully saturated rings. The van der Waals surface area contributed by atoms with Gasteiger partial charge in [0.15, 0.2) is 11.5 Å². The van der Waals surface area contributed by atoms with Crippen molar-refractivity contribution in [1.29, 1.82) is 0 Å². The molecule has 132 valence electrons. The van der Waals surface area contributed by atoms with Crippen molar-refractivity contribution in [3.63, 3.8) is 0 Å². The smallest absolute Gasteiger partial charge is 0.251 e. The number of amides is 1. The third kappa shape index (κ3) is 4.15. The molecule has 0 atom stereocenters. The van der Waals surface area contributed by atoms with E-state index in [1.165, 1.54) is 6.07 Å². The van der Waals surface area contributed by atoms with Crippen LogP contribution in [0.1, 0.15) is 15.9 Å². The molecule has 0 bridgehead atoms. The van der Waals surface area contributed by atoms with E-state index in [1.54, 1.807) is 30.3 Å². The van der Waals surface area contributed by atoms with Gasteiger partial charge in [-0.15, -0.1) is 0 Å². The van der Waals surface area contributed by atoms with E-state index in [0.29, 0.717) is 33.3 Å². The molecule has 0 aromatic heterocycles. The first-order chi connectivity index (χ1) is 11.8. The molecule has 0 spiro atoms. The zero-order valence-corrected chi connectivity index (χ0v) is 14.8. The van der Waals surface area contributed by atoms with E-state index in [4.69, 9.17) is 21.1 Å². The van der Waals surface area contributed by atoms with E-state index >= 15 is 0 Å². The number of halogens is 1. The number of hydrogen-bond acceptors (Lipinski definition) is 5. The Morgan fingerprint density at radius 3 is 2.76 bits per heavy atom. The highest BCUT2D eigenvalue weighted by atomic mass is 35.5. The van der Waals surface area contributed by atoms with Gasteiger partial charge in [0.2, 0.25) is 16.8 Å². The number of rotatable bonds is 5. The maximum atomic E-state index is 12.4. The molecule has 0 saturated heterocycles. The average molecular weight is 383 g/mol. The van der Waals surface area contributed by atoms with Crippen molar-refractivity contribution in [2.45, 2.75) is 6.54 Å². The second-order valence-electron chi connectivity index (χ2n) is 5.41. The molecule has 1 amide bonds. The monoisotopic (exact) mass is 382 g/mol. The fourth-order valence-electron chi connectivity index (χ4n) is 2.35. The lowest BCUT2D eigenvalue weighted by molar-refractivity contribution is 0.0950. The van der Waals surface area contributed by atoms with Gasteiger partial charge in [0.25, 0.3) is 5.91 Å². The van der Waals surface area contributed by atoms with Gasteiger partial charge in [0.1, 0.15) is 0 Å². The number of carbonyl (C=O) groups is 1. The van der Waals surface area contributed by atoms with Crippen LogP contribution in [0, 0.1) is 0 Å². The standard InChI is InChI=1S/C16H15ClN2O5S/c1-25(21,22)19-13-5-3-2-4-10(13)8-18-16(20)11-6-12(17)15-14(7-11)23-9-24-15/h2-7,19H,8-9H2,1H3,(H,18,20). The van der Waals surface area contributed by atoms with Crippen LogP contribution < -0.4 is 19.5 Å². The molecule has 25 heavy (non-hydrogen) atoms. The minimum Gasteiger partial charge on any atom is -0.454 e. The second kappa shape index (κ2) is 6.81. The first kappa shape index (κ1) is 17.4. The molecule has 2 aromatic rings. The van der Waals surface area contributed by atoms with E-state index in [2.05, 4.69) is 10.0 Å². The molecule has 1 aliphatic heterocycles. The van der Waals surface area contributed by atoms with Gasteiger partial charge >= 0.3 is 0 Å². The number of nitrogens with one attached hydrogen (secondary N) is 2. The highest BCUT2D eigenvalue weighted by Crippen LogP contribution is 2.39. The Kier molecular flexibility index (Phi) is 4.73. The van der Waals surface area contributed by atoms with Gasteiger partial charge in [0.05, 0.1) is 17.0 Å². The third-order valence-electron chi connectivity index (χ3n) is 3.44. The van der Waals surface area contributed by atoms with Gasteiger partial charge in [-0.1, -0.05) is 29.8 Å². The van der Waals surface area contributed by atoms with Crippen molar-refractivity contribution >= 4 is 33.2 Å². The molecule has 9 heteroatoms. The van der Waals surface area contributed by atoms with Crippen molar-refractivity contribution in [3.05, 3.63) is 52.5 Å². The zero-order chi connectivity index (χ0) is 18.0. The Morgan fingerprint density at radius 2 is 2.00 bits per heavy atom. The molecule has 2 N–H and O–H groups in total. The molecule has 1 aliphatic rings. The maximum absolute atomic E-state index is 12.4. The predicted octanol–water partition coefficient (Wildman–Crippen LogP) is 2.37. The van der Waals surface area contributed by atoms with Crippen LogP contribution in [0.25, 0.3) is 0 Å². The summed E-state index contributed by atoms with van der Waals surface area (Å²) in [5, 5.41) is 3.02. The number of ether oxygens (including phenoxy) is 2. The molecule has 0 aliphatic carbocycles. The molecule has 0 unspecified atom stereocenters. The summed E-state index contributed by atoms with van der Waals surface area (Å²) in [6.07, 6.45) is 1.07. The van der Waals surface area contributed by atoms with Crippen molar-refractivity contribution in [1.82, 2.24) is 5.32 Å². The molecule has 3 rings (SSSR count). The molecule has 7 nitrogen and oxygen atoms in total. The number of para-hydroxylation sites is 1. The molecular weight excluding hydrogens is 368 g/mol. The minimum absolute atomic E-state index is 0.0602. The Hall–Kier alpha value is -2.45. The molecule has 0 saturated carbocycles. The summed E-state index contributed by atoms with van der Waals surface area (Å²) in [6.45, 7) is 0.203. The zero-order valence-electron chi connectivity index (χ0n) is 13.2. The molecular formula is C16H15ClN2O5S. The van der Waals surface area contributed by atoms with E-state index in [9.17, 15) is 13.2 Å². The van der Waals surface area contributed by atoms with Gasteiger partial charge in [-0.3, -0.25) is 9.52 Å². The highest BCUT2D eigenvalue weighted by molar-refractivity contribution is 7.92. The third-order valence-corrected chi connectivity index (χ3v) is 4.31. The van der Waals surface area contributed by atoms with Crippen molar-refractivity contribution < 1.29 is 22.7 Å². The highest BCUT2D eigenvalue weighted by Gasteiger charge is 2.20. The summed E-state index contributed by atoms with van der Waals surface area (Å²) >= 11 is 6.07. The van der Waals surface area contributed by atoms with Crippen LogP contribution in [-0.2, 0) is 16.6 Å². The SMILES string of the molecule is CS(=O)(=O)Nc1ccccc1CNC(=O)c1cc(Cl)c2c(c1)OCO2. The summed E-state index contributed by atoms with van der Waals surface area (Å²) in [5.74, 6) is 0.465. The Morgan fingerprint density at radius 1 is 1.24 bits per heavy atom. The van der Waals surface area contributed by atoms with E-state index in [1.807, 2.05) is 0 Å². The van der Waals surface area contributed by atoms with E-state index in [0.717, 1.165) is 6.26 Å². The minimum atomic E-state index is -3.41. The van der Waals surface area contributed by atoms with Crippen LogP contribution in [0.15, 0.2) is 36.4 Å². The van der Waals surface area contributed by atoms with Crippen molar-refractivity contribution in [2.75, 3.05) is 17.8 Å². The Bertz CT molecular complexity index is 930. The topological polar surface area (TPSA) is 93.7 Å². The Balaban J connectivity index is 1.74. The summed E-state index contributed by atoms with van der Waals surface area (Å²) < 4.78 is 35.7. The summed E-state index contributed by atoms with van der Waals surface area (Å²) in [5.41, 5.74) is 1.37. The summed E-state index contributed by atoms with van der Waals surface area (Å²) in [4.78, 5) is 12.4. The van der Waals surface area contributed by atoms with E-state index in [-0.39, 0.29) is 19.2 Å². The van der Waals surface area contributed by atoms with Gasteiger partial charge in [0, 0.05) is 12.1 Å². The normalized spacial score (nSPS) is 12.7. The van der Waals surface area contributed by atoms with E-state index < -0.39 is 10.0 Å². The number of sulfonamides is 1. The number of hydrogen-bond donors (Lipinski definition) is 2. The number of benzene rings is 2. The molecule has 1 heterocycles. The van der Waals surface area contributed by atoms with Crippen LogP contribution in [0.2, 0.25) is 5.02 Å². The number of anilines is 1. The fraction of sp³-hybridized carbons (Fsp3) is 0.188. The first-order valence-corrected chi connectivity index (χ1v) is 9.53. The quantitative estimate of drug-likeness (QED) is 0.828. The van der Waals surface area contributed by atoms with Crippen molar-refractivity contribution in [2.24, 2.45) is 0 Å². The summed E-state index contributed by atoms with van der Waals surface area (Å²) in [6, 6.07) is 9.85. The van der Waals surface area contributed by atoms with Gasteiger partial charge < -0.3 is 14.8 Å². The fourth-order valence-corrected chi connectivity index (χ4v) is 3.21. The lowest BCUT2D eigenvalue weighted by atomic mass is 10.1. The number of fused-ring (bicyclic) bond motifs is 1. The van der Waals surface area contributed by atoms with Gasteiger partial charge in [-0.25, -0.2) is 8.42 Å².